The van der Waals surface area contributed by atoms with Crippen LogP contribution in [0.3, 0.4) is 0 Å². The van der Waals surface area contributed by atoms with E-state index in [9.17, 15) is 19.7 Å². The van der Waals surface area contributed by atoms with Gasteiger partial charge < -0.3 is 9.47 Å². The maximum atomic E-state index is 12.2. The molecular weight excluding hydrogens is 390 g/mol. The first-order valence-electron chi connectivity index (χ1n) is 9.51. The Labute approximate surface area is 174 Å². The molecule has 0 aliphatic carbocycles. The number of rotatable bonds is 9. The van der Waals surface area contributed by atoms with Gasteiger partial charge in [-0.3, -0.25) is 30.6 Å². The van der Waals surface area contributed by atoms with E-state index in [-0.39, 0.29) is 11.4 Å². The van der Waals surface area contributed by atoms with E-state index < -0.39 is 22.8 Å². The lowest BCUT2D eigenvalue weighted by molar-refractivity contribution is -0.386. The maximum Gasteiger partial charge on any atom is 0.310 e. The van der Waals surface area contributed by atoms with Gasteiger partial charge in [-0.25, -0.2) is 0 Å². The Morgan fingerprint density at radius 2 is 1.70 bits per heavy atom. The number of hydrogen-bond donors (Lipinski definition) is 2. The normalized spacial score (nSPS) is 11.5. The number of hydrogen-bond acceptors (Lipinski definition) is 6. The summed E-state index contributed by atoms with van der Waals surface area (Å²) in [6.07, 6.45) is -0.135. The Kier molecular flexibility index (Phi) is 8.16. The first-order valence-corrected chi connectivity index (χ1v) is 9.51. The first-order chi connectivity index (χ1) is 14.3. The molecule has 0 saturated carbocycles. The summed E-state index contributed by atoms with van der Waals surface area (Å²) in [6, 6.07) is 12.2. The molecule has 0 heterocycles. The molecular formula is C21H25N3O6. The van der Waals surface area contributed by atoms with Gasteiger partial charge in [-0.2, -0.15) is 0 Å². The van der Waals surface area contributed by atoms with Crippen molar-refractivity contribution in [1.82, 2.24) is 10.9 Å². The fourth-order valence-electron chi connectivity index (χ4n) is 2.36. The van der Waals surface area contributed by atoms with Crippen molar-refractivity contribution in [3.05, 3.63) is 64.2 Å². The van der Waals surface area contributed by atoms with Crippen molar-refractivity contribution < 1.29 is 24.0 Å². The molecule has 30 heavy (non-hydrogen) atoms. The van der Waals surface area contributed by atoms with Crippen molar-refractivity contribution in [3.8, 4) is 11.5 Å². The number of nitro benzene ring substituents is 1. The number of benzene rings is 2. The van der Waals surface area contributed by atoms with Crippen LogP contribution in [0.2, 0.25) is 0 Å². The Hall–Kier alpha value is -3.62. The summed E-state index contributed by atoms with van der Waals surface area (Å²) in [6.45, 7) is 6.23. The van der Waals surface area contributed by atoms with Gasteiger partial charge >= 0.3 is 5.69 Å². The molecule has 0 aliphatic rings. The molecule has 0 aromatic heterocycles. The van der Waals surface area contributed by atoms with Gasteiger partial charge in [-0.1, -0.05) is 26.0 Å². The molecule has 160 valence electrons. The van der Waals surface area contributed by atoms with E-state index in [1.54, 1.807) is 30.3 Å². The summed E-state index contributed by atoms with van der Waals surface area (Å²) in [5, 5.41) is 11.0. The van der Waals surface area contributed by atoms with Crippen LogP contribution >= 0.6 is 0 Å². The van der Waals surface area contributed by atoms with Crippen LogP contribution in [0.25, 0.3) is 0 Å². The summed E-state index contributed by atoms with van der Waals surface area (Å²) in [5.41, 5.74) is 4.61. The zero-order valence-electron chi connectivity index (χ0n) is 17.1. The molecule has 2 N–H and O–H groups in total. The average Bonchev–Trinajstić information content (AvgIpc) is 2.72. The number of ether oxygens (including phenoxy) is 2. The van der Waals surface area contributed by atoms with Crippen LogP contribution in [0.15, 0.2) is 48.5 Å². The van der Waals surface area contributed by atoms with Crippen LogP contribution in [0, 0.1) is 16.0 Å². The topological polar surface area (TPSA) is 120 Å². The lowest BCUT2D eigenvalue weighted by Crippen LogP contribution is -2.47. The van der Waals surface area contributed by atoms with Gasteiger partial charge in [0.1, 0.15) is 5.75 Å². The minimum absolute atomic E-state index is 0.0375. The van der Waals surface area contributed by atoms with Crippen LogP contribution in [0.4, 0.5) is 5.69 Å². The summed E-state index contributed by atoms with van der Waals surface area (Å²) in [4.78, 5) is 34.8. The molecule has 2 rings (SSSR count). The molecule has 2 aromatic rings. The van der Waals surface area contributed by atoms with Gasteiger partial charge in [-0.15, -0.1) is 0 Å². The van der Waals surface area contributed by atoms with Crippen LogP contribution in [0.1, 0.15) is 37.6 Å². The number of nitrogens with one attached hydrogen (secondary N) is 2. The molecule has 0 radical (unpaired) electrons. The second-order valence-corrected chi connectivity index (χ2v) is 6.98. The predicted octanol–water partition coefficient (Wildman–Crippen LogP) is 3.25. The molecule has 2 aromatic carbocycles. The monoisotopic (exact) mass is 415 g/mol. The highest BCUT2D eigenvalue weighted by Gasteiger charge is 2.21. The van der Waals surface area contributed by atoms with E-state index in [4.69, 9.17) is 9.47 Å². The van der Waals surface area contributed by atoms with Gasteiger partial charge in [0.2, 0.25) is 0 Å². The number of carbonyl (C=O) groups is 2. The van der Waals surface area contributed by atoms with E-state index in [0.717, 1.165) is 6.42 Å². The van der Waals surface area contributed by atoms with Crippen LogP contribution in [-0.4, -0.2) is 29.4 Å². The molecule has 0 saturated heterocycles. The molecule has 0 bridgehead atoms. The third-order valence-corrected chi connectivity index (χ3v) is 4.11. The summed E-state index contributed by atoms with van der Waals surface area (Å²) < 4.78 is 11.0. The highest BCUT2D eigenvalue weighted by atomic mass is 16.6. The van der Waals surface area contributed by atoms with Crippen LogP contribution < -0.4 is 20.3 Å². The number of para-hydroxylation sites is 2. The van der Waals surface area contributed by atoms with Gasteiger partial charge in [0.05, 0.1) is 11.5 Å². The molecule has 0 fully saturated rings. The van der Waals surface area contributed by atoms with Crippen LogP contribution in [-0.2, 0) is 4.79 Å². The fourth-order valence-corrected chi connectivity index (χ4v) is 2.36. The minimum atomic E-state index is -1.07. The van der Waals surface area contributed by atoms with E-state index >= 15 is 0 Å². The molecule has 2 amide bonds. The average molecular weight is 415 g/mol. The summed E-state index contributed by atoms with van der Waals surface area (Å²) in [7, 11) is 0. The van der Waals surface area contributed by atoms with E-state index in [1.165, 1.54) is 25.1 Å². The summed E-state index contributed by atoms with van der Waals surface area (Å²) in [5.74, 6) is -0.0181. The smallest absolute Gasteiger partial charge is 0.310 e. The van der Waals surface area contributed by atoms with Crippen molar-refractivity contribution in [2.75, 3.05) is 6.61 Å². The quantitative estimate of drug-likeness (QED) is 0.479. The molecule has 1 unspecified atom stereocenters. The SMILES string of the molecule is CC(C)CCOc1ccc(C(=O)NNC(=O)C(C)Oc2ccccc2[N+](=O)[O-])cc1. The lowest BCUT2D eigenvalue weighted by Gasteiger charge is -2.15. The highest BCUT2D eigenvalue weighted by Crippen LogP contribution is 2.26. The first kappa shape index (κ1) is 22.7. The lowest BCUT2D eigenvalue weighted by atomic mass is 10.1. The standard InChI is InChI=1S/C21H25N3O6/c1-14(2)12-13-29-17-10-8-16(9-11-17)21(26)23-22-20(25)15(3)30-19-7-5-4-6-18(19)24(27)28/h4-11,14-15H,12-13H2,1-3H3,(H,22,25)(H,23,26). The Morgan fingerprint density at radius 3 is 2.33 bits per heavy atom. The number of nitro groups is 1. The van der Waals surface area contributed by atoms with E-state index in [2.05, 4.69) is 24.7 Å². The van der Waals surface area contributed by atoms with E-state index in [0.29, 0.717) is 23.8 Å². The Balaban J connectivity index is 1.85. The molecule has 0 aliphatic heterocycles. The van der Waals surface area contributed by atoms with E-state index in [1.807, 2.05) is 0 Å². The van der Waals surface area contributed by atoms with Gasteiger partial charge in [0, 0.05) is 11.6 Å². The van der Waals surface area contributed by atoms with Gasteiger partial charge in [-0.05, 0) is 49.6 Å². The van der Waals surface area contributed by atoms with Crippen molar-refractivity contribution in [2.45, 2.75) is 33.3 Å². The number of hydrazine groups is 1. The van der Waals surface area contributed by atoms with Crippen molar-refractivity contribution in [1.29, 1.82) is 0 Å². The minimum Gasteiger partial charge on any atom is -0.494 e. The second kappa shape index (κ2) is 10.8. The number of amides is 2. The maximum absolute atomic E-state index is 12.2. The summed E-state index contributed by atoms with van der Waals surface area (Å²) >= 11 is 0. The second-order valence-electron chi connectivity index (χ2n) is 6.98. The molecule has 0 spiro atoms. The zero-order valence-corrected chi connectivity index (χ0v) is 17.1. The molecule has 9 nitrogen and oxygen atoms in total. The zero-order chi connectivity index (χ0) is 22.1. The number of nitrogens with zero attached hydrogens (tertiary/aromatic N) is 1. The number of carbonyl (C=O) groups excluding carboxylic acids is 2. The highest BCUT2D eigenvalue weighted by molar-refractivity contribution is 5.95. The van der Waals surface area contributed by atoms with Crippen molar-refractivity contribution in [3.63, 3.8) is 0 Å². The fraction of sp³-hybridized carbons (Fsp3) is 0.333. The van der Waals surface area contributed by atoms with Gasteiger partial charge in [0.15, 0.2) is 11.9 Å². The molecule has 1 atom stereocenters. The van der Waals surface area contributed by atoms with Crippen molar-refractivity contribution >= 4 is 17.5 Å². The largest absolute Gasteiger partial charge is 0.494 e. The van der Waals surface area contributed by atoms with Gasteiger partial charge in [0.25, 0.3) is 11.8 Å². The van der Waals surface area contributed by atoms with Crippen molar-refractivity contribution in [2.24, 2.45) is 5.92 Å². The van der Waals surface area contributed by atoms with Crippen LogP contribution in [0.5, 0.6) is 11.5 Å². The Bertz CT molecular complexity index is 883. The molecule has 9 heteroatoms. The third kappa shape index (κ3) is 6.77. The Morgan fingerprint density at radius 1 is 1.03 bits per heavy atom. The predicted molar refractivity (Wildman–Crippen MR) is 110 cm³/mol. The third-order valence-electron chi connectivity index (χ3n) is 4.11.